The van der Waals surface area contributed by atoms with Crippen molar-refractivity contribution in [2.24, 2.45) is 0 Å². The Bertz CT molecular complexity index is 1270. The molecular weight excluding hydrogens is 421 g/mol. The van der Waals surface area contributed by atoms with E-state index in [0.29, 0.717) is 18.5 Å². The van der Waals surface area contributed by atoms with E-state index in [4.69, 9.17) is 0 Å². The van der Waals surface area contributed by atoms with Gasteiger partial charge in [-0.25, -0.2) is 4.68 Å². The third-order valence-electron chi connectivity index (χ3n) is 5.91. The number of amides is 1. The Balaban J connectivity index is 1.45. The van der Waals surface area contributed by atoms with Crippen LogP contribution in [0.4, 0.5) is 18.9 Å². The lowest BCUT2D eigenvalue weighted by Crippen LogP contribution is -2.46. The van der Waals surface area contributed by atoms with Crippen molar-refractivity contribution in [1.29, 1.82) is 0 Å². The molecule has 0 radical (unpaired) electrons. The van der Waals surface area contributed by atoms with Gasteiger partial charge in [-0.3, -0.25) is 4.79 Å². The largest absolute Gasteiger partial charge is 0.416 e. The Morgan fingerprint density at radius 1 is 1.12 bits per heavy atom. The van der Waals surface area contributed by atoms with Gasteiger partial charge in [0.15, 0.2) is 0 Å². The molecule has 0 unspecified atom stereocenters. The number of anilines is 1. The number of carbonyl (C=O) groups excluding carboxylic acids is 1. The fourth-order valence-corrected chi connectivity index (χ4v) is 4.04. The van der Waals surface area contributed by atoms with Gasteiger partial charge in [-0.1, -0.05) is 6.07 Å². The maximum atomic E-state index is 12.8. The van der Waals surface area contributed by atoms with Gasteiger partial charge in [0.2, 0.25) is 6.41 Å². The van der Waals surface area contributed by atoms with Crippen molar-refractivity contribution in [3.05, 3.63) is 66.6 Å². The molecule has 5 rings (SSSR count). The molecule has 6 nitrogen and oxygen atoms in total. The number of fused-ring (bicyclic) bond motifs is 1. The van der Waals surface area contributed by atoms with E-state index in [9.17, 15) is 23.1 Å². The van der Waals surface area contributed by atoms with E-state index in [0.717, 1.165) is 46.3 Å². The predicted octanol–water partition coefficient (Wildman–Crippen LogP) is 4.53. The molecule has 1 fully saturated rings. The number of H-pyrrole nitrogens is 1. The Morgan fingerprint density at radius 2 is 1.88 bits per heavy atom. The maximum absolute atomic E-state index is 12.8. The minimum atomic E-state index is -4.38. The van der Waals surface area contributed by atoms with Crippen LogP contribution in [0.2, 0.25) is 0 Å². The molecule has 0 saturated heterocycles. The molecule has 2 aromatic heterocycles. The average Bonchev–Trinajstić information content (AvgIpc) is 3.40. The number of aromatic amines is 1. The first kappa shape index (κ1) is 20.3. The maximum Gasteiger partial charge on any atom is 0.416 e. The van der Waals surface area contributed by atoms with E-state index >= 15 is 0 Å². The lowest BCUT2D eigenvalue weighted by Gasteiger charge is -2.38. The van der Waals surface area contributed by atoms with Crippen molar-refractivity contribution in [1.82, 2.24) is 14.8 Å². The molecule has 9 heteroatoms. The second-order valence-corrected chi connectivity index (χ2v) is 7.94. The zero-order valence-electron chi connectivity index (χ0n) is 16.8. The number of hydrogen-bond donors (Lipinski definition) is 2. The van der Waals surface area contributed by atoms with Crippen LogP contribution in [0.3, 0.4) is 0 Å². The highest BCUT2D eigenvalue weighted by Gasteiger charge is 2.33. The smallest absolute Gasteiger partial charge is 0.393 e. The molecule has 32 heavy (non-hydrogen) atoms. The Kier molecular flexibility index (Phi) is 4.78. The van der Waals surface area contributed by atoms with Gasteiger partial charge >= 0.3 is 6.18 Å². The number of nitrogens with one attached hydrogen (secondary N) is 1. The molecule has 0 bridgehead atoms. The zero-order valence-corrected chi connectivity index (χ0v) is 16.8. The summed E-state index contributed by atoms with van der Waals surface area (Å²) in [7, 11) is 0. The van der Waals surface area contributed by atoms with Crippen molar-refractivity contribution in [2.45, 2.75) is 31.2 Å². The summed E-state index contributed by atoms with van der Waals surface area (Å²) in [6.45, 7) is 0. The van der Waals surface area contributed by atoms with Crippen molar-refractivity contribution < 1.29 is 23.1 Å². The van der Waals surface area contributed by atoms with E-state index in [1.54, 1.807) is 23.5 Å². The number of aliphatic hydroxyl groups is 1. The summed E-state index contributed by atoms with van der Waals surface area (Å²) in [5, 5.41) is 14.7. The lowest BCUT2D eigenvalue weighted by molar-refractivity contribution is -0.137. The van der Waals surface area contributed by atoms with E-state index in [-0.39, 0.29) is 12.1 Å². The summed E-state index contributed by atoms with van der Waals surface area (Å²) in [4.78, 5) is 16.5. The van der Waals surface area contributed by atoms with Crippen LogP contribution in [-0.4, -0.2) is 38.4 Å². The number of benzene rings is 2. The van der Waals surface area contributed by atoms with Crippen LogP contribution in [0.1, 0.15) is 18.4 Å². The minimum absolute atomic E-state index is 0.0347. The van der Waals surface area contributed by atoms with Crippen molar-refractivity contribution >= 4 is 23.0 Å². The van der Waals surface area contributed by atoms with E-state index < -0.39 is 11.7 Å². The highest BCUT2D eigenvalue weighted by atomic mass is 19.4. The first-order valence-electron chi connectivity index (χ1n) is 10.1. The molecule has 1 aliphatic carbocycles. The molecule has 0 aliphatic heterocycles. The third kappa shape index (κ3) is 3.54. The molecule has 1 aliphatic rings. The number of rotatable bonds is 5. The number of carbonyl (C=O) groups is 1. The molecule has 0 atom stereocenters. The number of nitrogens with zero attached hydrogens (tertiary/aromatic N) is 3. The topological polar surface area (TPSA) is 74.2 Å². The minimum Gasteiger partial charge on any atom is -0.393 e. The second kappa shape index (κ2) is 7.52. The molecule has 1 saturated carbocycles. The van der Waals surface area contributed by atoms with Gasteiger partial charge in [0.1, 0.15) is 0 Å². The van der Waals surface area contributed by atoms with Crippen molar-refractivity contribution in [2.75, 3.05) is 4.90 Å². The number of alkyl halides is 3. The molecular formula is C23H19F3N4O2. The van der Waals surface area contributed by atoms with Crippen molar-refractivity contribution in [3.63, 3.8) is 0 Å². The van der Waals surface area contributed by atoms with Gasteiger partial charge in [-0.05, 0) is 54.8 Å². The summed E-state index contributed by atoms with van der Waals surface area (Å²) in [5.41, 5.74) is 3.06. The standard InChI is InChI=1S/C23H19F3N4O2/c24-23(25,26)16-2-4-17(5-3-16)30-12-15(10-28-30)14-1-6-21-20(7-14)22(11-27-21)29(13-31)18-8-19(32)9-18/h1-7,10-13,18-19,27,32H,8-9H2. The van der Waals surface area contributed by atoms with Crippen LogP contribution in [-0.2, 0) is 11.0 Å². The van der Waals surface area contributed by atoms with Gasteiger partial charge in [0.25, 0.3) is 0 Å². The summed E-state index contributed by atoms with van der Waals surface area (Å²) in [6, 6.07) is 10.5. The summed E-state index contributed by atoms with van der Waals surface area (Å²) in [5.74, 6) is 0. The number of aromatic nitrogens is 3. The summed E-state index contributed by atoms with van der Waals surface area (Å²) < 4.78 is 39.9. The first-order chi connectivity index (χ1) is 15.3. The third-order valence-corrected chi connectivity index (χ3v) is 5.91. The van der Waals surface area contributed by atoms with Crippen LogP contribution in [0.5, 0.6) is 0 Å². The van der Waals surface area contributed by atoms with Gasteiger partial charge < -0.3 is 15.0 Å². The molecule has 2 aromatic carbocycles. The average molecular weight is 440 g/mol. The zero-order chi connectivity index (χ0) is 22.5. The highest BCUT2D eigenvalue weighted by molar-refractivity contribution is 5.99. The van der Waals surface area contributed by atoms with Crippen LogP contribution < -0.4 is 4.90 Å². The molecule has 1 amide bonds. The lowest BCUT2D eigenvalue weighted by atomic mass is 9.88. The monoisotopic (exact) mass is 440 g/mol. The quantitative estimate of drug-likeness (QED) is 0.448. The predicted molar refractivity (Wildman–Crippen MR) is 113 cm³/mol. The number of hydrogen-bond acceptors (Lipinski definition) is 3. The van der Waals surface area contributed by atoms with Gasteiger partial charge in [0.05, 0.1) is 29.2 Å². The Morgan fingerprint density at radius 3 is 2.53 bits per heavy atom. The fourth-order valence-electron chi connectivity index (χ4n) is 4.04. The molecule has 4 aromatic rings. The van der Waals surface area contributed by atoms with Gasteiger partial charge in [-0.15, -0.1) is 0 Å². The first-order valence-corrected chi connectivity index (χ1v) is 10.1. The Labute approximate surface area is 180 Å². The molecule has 2 N–H and O–H groups in total. The SMILES string of the molecule is O=CN(c1c[nH]c2ccc(-c3cnn(-c4ccc(C(F)(F)F)cc4)c3)cc12)C1CC(O)C1. The number of aliphatic hydroxyl groups excluding tert-OH is 1. The van der Waals surface area contributed by atoms with Crippen LogP contribution >= 0.6 is 0 Å². The second-order valence-electron chi connectivity index (χ2n) is 7.94. The van der Waals surface area contributed by atoms with Crippen LogP contribution in [0.25, 0.3) is 27.7 Å². The summed E-state index contributed by atoms with van der Waals surface area (Å²) in [6.07, 6.45) is 2.29. The van der Waals surface area contributed by atoms with Crippen LogP contribution in [0, 0.1) is 0 Å². The van der Waals surface area contributed by atoms with E-state index in [1.807, 2.05) is 18.2 Å². The molecule has 164 valence electrons. The van der Waals surface area contributed by atoms with E-state index in [1.165, 1.54) is 16.8 Å². The van der Waals surface area contributed by atoms with Crippen LogP contribution in [0.15, 0.2) is 61.1 Å². The molecule has 0 spiro atoms. The normalized spacial score (nSPS) is 18.5. The van der Waals surface area contributed by atoms with Gasteiger partial charge in [0, 0.05) is 34.9 Å². The van der Waals surface area contributed by atoms with E-state index in [2.05, 4.69) is 10.1 Å². The fraction of sp³-hybridized carbons (Fsp3) is 0.217. The highest BCUT2D eigenvalue weighted by Crippen LogP contribution is 2.36. The van der Waals surface area contributed by atoms with Crippen molar-refractivity contribution in [3.8, 4) is 16.8 Å². The number of halogens is 3. The molecule has 2 heterocycles. The van der Waals surface area contributed by atoms with Gasteiger partial charge in [-0.2, -0.15) is 18.3 Å². The Hall–Kier alpha value is -3.59. The summed E-state index contributed by atoms with van der Waals surface area (Å²) >= 11 is 0.